The molecule has 9 nitrogen and oxygen atoms in total. The second kappa shape index (κ2) is 12.8. The number of fused-ring (bicyclic) bond motifs is 1. The number of nitrogens with one attached hydrogen (secondary N) is 3. The number of amides is 2. The summed E-state index contributed by atoms with van der Waals surface area (Å²) in [6, 6.07) is 10.3. The van der Waals surface area contributed by atoms with Crippen molar-refractivity contribution < 1.29 is 31.1 Å². The molecule has 0 bridgehead atoms. The van der Waals surface area contributed by atoms with Crippen LogP contribution < -0.4 is 20.7 Å². The van der Waals surface area contributed by atoms with Crippen molar-refractivity contribution in [1.29, 1.82) is 0 Å². The predicted octanol–water partition coefficient (Wildman–Crippen LogP) is 5.85. The average molecular weight is 648 g/mol. The molecule has 3 aromatic rings. The summed E-state index contributed by atoms with van der Waals surface area (Å²) >= 11 is 0. The van der Waals surface area contributed by atoms with Crippen molar-refractivity contribution in [2.45, 2.75) is 68.2 Å². The van der Waals surface area contributed by atoms with Gasteiger partial charge in [0, 0.05) is 28.8 Å². The van der Waals surface area contributed by atoms with Crippen LogP contribution in [0.3, 0.4) is 0 Å². The molecule has 3 N–H and O–H groups in total. The number of sulfone groups is 1. The van der Waals surface area contributed by atoms with Gasteiger partial charge in [-0.25, -0.2) is 13.2 Å². The van der Waals surface area contributed by atoms with Crippen molar-refractivity contribution in [3.63, 3.8) is 0 Å². The summed E-state index contributed by atoms with van der Waals surface area (Å²) in [6.45, 7) is 3.01. The number of aromatic nitrogens is 1. The smallest absolute Gasteiger partial charge is 0.406 e. The Kier molecular flexibility index (Phi) is 9.70. The average Bonchev–Trinajstić information content (AvgIpc) is 3.28. The van der Waals surface area contributed by atoms with E-state index >= 15 is 0 Å². The molecule has 0 aliphatic heterocycles. The van der Waals surface area contributed by atoms with Crippen LogP contribution in [0.5, 0.6) is 5.75 Å². The van der Waals surface area contributed by atoms with Crippen LogP contribution in [0, 0.1) is 11.8 Å². The molecule has 0 radical (unpaired) electrons. The topological polar surface area (TPSA) is 105 Å². The molecule has 1 aliphatic rings. The van der Waals surface area contributed by atoms with E-state index in [9.17, 15) is 26.4 Å². The lowest BCUT2D eigenvalue weighted by Gasteiger charge is -2.46. The Morgan fingerprint density at radius 2 is 1.76 bits per heavy atom. The second-order valence-corrected chi connectivity index (χ2v) is 14.3. The van der Waals surface area contributed by atoms with Gasteiger partial charge in [-0.1, -0.05) is 12.0 Å². The van der Waals surface area contributed by atoms with Gasteiger partial charge in [0.1, 0.15) is 12.3 Å². The normalized spacial score (nSPS) is 20.4. The first-order chi connectivity index (χ1) is 20.9. The Balaban J connectivity index is 1.55. The number of carbonyl (C=O) groups excluding carboxylic acids is 1. The van der Waals surface area contributed by atoms with Crippen LogP contribution in [-0.2, 0) is 16.4 Å². The number of nitrogens with zero attached hydrogens (tertiary/aromatic N) is 2. The molecule has 1 aliphatic carbocycles. The Morgan fingerprint density at radius 1 is 1.07 bits per heavy atom. The van der Waals surface area contributed by atoms with Gasteiger partial charge >= 0.3 is 12.2 Å². The van der Waals surface area contributed by atoms with Crippen LogP contribution in [-0.4, -0.2) is 75.2 Å². The summed E-state index contributed by atoms with van der Waals surface area (Å²) in [5.74, 6) is 5.95. The highest BCUT2D eigenvalue weighted by atomic mass is 32.2. The Morgan fingerprint density at radius 3 is 2.36 bits per heavy atom. The minimum Gasteiger partial charge on any atom is -0.495 e. The van der Waals surface area contributed by atoms with Crippen LogP contribution >= 0.6 is 0 Å². The quantitative estimate of drug-likeness (QED) is 0.265. The van der Waals surface area contributed by atoms with Gasteiger partial charge in [-0.2, -0.15) is 13.2 Å². The number of anilines is 2. The van der Waals surface area contributed by atoms with Crippen molar-refractivity contribution in [1.82, 2.24) is 14.8 Å². The molecule has 1 aromatic heterocycles. The van der Waals surface area contributed by atoms with Gasteiger partial charge < -0.3 is 30.2 Å². The molecule has 0 saturated heterocycles. The first-order valence-electron chi connectivity index (χ1n) is 14.5. The monoisotopic (exact) mass is 647 g/mol. The summed E-state index contributed by atoms with van der Waals surface area (Å²) in [4.78, 5) is 15.4. The lowest BCUT2D eigenvalue weighted by molar-refractivity contribution is -0.140. The molecule has 4 rings (SSSR count). The van der Waals surface area contributed by atoms with Crippen molar-refractivity contribution >= 4 is 38.1 Å². The maximum absolute atomic E-state index is 13.6. The standard InChI is InChI=1S/C32H40F3N5O4S/c1-30(14-16-31(2,17-15-30)39(3)4)38-29(41)37-25-10-7-11-27-24(25)19-22(40(27)21-32(33,34)35)9-8-18-36-26-13-12-23(45(6,42)43)20-28(26)44-5/h7,10-13,19-20,36H,14-18,21H2,1-6H3,(H2,37,38,41). The number of urea groups is 1. The molecule has 244 valence electrons. The first kappa shape index (κ1) is 34.0. The predicted molar refractivity (Wildman–Crippen MR) is 171 cm³/mol. The summed E-state index contributed by atoms with van der Waals surface area (Å²) in [5, 5.41) is 9.38. The maximum Gasteiger partial charge on any atom is 0.406 e. The van der Waals surface area contributed by atoms with Crippen LogP contribution in [0.25, 0.3) is 10.9 Å². The van der Waals surface area contributed by atoms with E-state index in [-0.39, 0.29) is 33.9 Å². The van der Waals surface area contributed by atoms with Gasteiger partial charge in [0.2, 0.25) is 0 Å². The summed E-state index contributed by atoms with van der Waals surface area (Å²) in [7, 11) is 2.08. The van der Waals surface area contributed by atoms with E-state index in [0.717, 1.165) is 36.5 Å². The third-order valence-electron chi connectivity index (χ3n) is 8.64. The Hall–Kier alpha value is -3.89. The molecule has 1 heterocycles. The van der Waals surface area contributed by atoms with E-state index in [1.54, 1.807) is 18.2 Å². The number of rotatable bonds is 8. The molecule has 0 unspecified atom stereocenters. The minimum atomic E-state index is -4.51. The lowest BCUT2D eigenvalue weighted by atomic mass is 9.73. The van der Waals surface area contributed by atoms with E-state index in [2.05, 4.69) is 53.7 Å². The fourth-order valence-corrected chi connectivity index (χ4v) is 6.15. The van der Waals surface area contributed by atoms with Crippen LogP contribution in [0.15, 0.2) is 47.4 Å². The zero-order valence-corrected chi connectivity index (χ0v) is 27.2. The zero-order chi connectivity index (χ0) is 33.2. The largest absolute Gasteiger partial charge is 0.495 e. The van der Waals surface area contributed by atoms with Gasteiger partial charge in [-0.15, -0.1) is 0 Å². The van der Waals surface area contributed by atoms with Crippen molar-refractivity contribution in [3.05, 3.63) is 48.2 Å². The van der Waals surface area contributed by atoms with Gasteiger partial charge in [-0.3, -0.25) is 0 Å². The third kappa shape index (κ3) is 8.23. The number of hydrogen-bond donors (Lipinski definition) is 3. The molecule has 1 fully saturated rings. The van der Waals surface area contributed by atoms with Crippen molar-refractivity contribution in [3.8, 4) is 17.6 Å². The number of methoxy groups -OCH3 is 1. The molecule has 2 aromatic carbocycles. The summed E-state index contributed by atoms with van der Waals surface area (Å²) < 4.78 is 71.0. The Bertz CT molecular complexity index is 1730. The van der Waals surface area contributed by atoms with E-state index < -0.39 is 34.1 Å². The van der Waals surface area contributed by atoms with Crippen LogP contribution in [0.2, 0.25) is 0 Å². The fourth-order valence-electron chi connectivity index (χ4n) is 5.51. The van der Waals surface area contributed by atoms with Crippen LogP contribution in [0.4, 0.5) is 29.3 Å². The second-order valence-electron chi connectivity index (χ2n) is 12.3. The molecule has 2 amide bonds. The number of carbonyl (C=O) groups is 1. The van der Waals surface area contributed by atoms with E-state index in [1.807, 2.05) is 6.92 Å². The fraction of sp³-hybridized carbons (Fsp3) is 0.469. The maximum atomic E-state index is 13.6. The minimum absolute atomic E-state index is 0.0427. The highest BCUT2D eigenvalue weighted by Crippen LogP contribution is 2.37. The van der Waals surface area contributed by atoms with Crippen molar-refractivity contribution in [2.24, 2.45) is 0 Å². The van der Waals surface area contributed by atoms with Gasteiger partial charge in [0.15, 0.2) is 9.84 Å². The van der Waals surface area contributed by atoms with Gasteiger partial charge in [0.25, 0.3) is 0 Å². The van der Waals surface area contributed by atoms with E-state index in [0.29, 0.717) is 16.8 Å². The molecule has 1 saturated carbocycles. The number of benzene rings is 2. The van der Waals surface area contributed by atoms with Crippen LogP contribution in [0.1, 0.15) is 45.2 Å². The Labute approximate surface area is 262 Å². The lowest BCUT2D eigenvalue weighted by Crippen LogP contribution is -2.55. The molecule has 0 atom stereocenters. The van der Waals surface area contributed by atoms with Gasteiger partial charge in [0.05, 0.1) is 41.1 Å². The van der Waals surface area contributed by atoms with E-state index in [1.165, 1.54) is 31.4 Å². The van der Waals surface area contributed by atoms with Gasteiger partial charge in [-0.05, 0) is 89.9 Å². The highest BCUT2D eigenvalue weighted by Gasteiger charge is 2.39. The van der Waals surface area contributed by atoms with E-state index in [4.69, 9.17) is 4.74 Å². The molecular formula is C32H40F3N5O4S. The molecule has 0 spiro atoms. The third-order valence-corrected chi connectivity index (χ3v) is 9.75. The first-order valence-corrected chi connectivity index (χ1v) is 16.4. The number of alkyl halides is 3. The molecule has 45 heavy (non-hydrogen) atoms. The number of hydrogen-bond acceptors (Lipinski definition) is 6. The number of ether oxygens (including phenoxy) is 1. The van der Waals surface area contributed by atoms with Crippen molar-refractivity contribution in [2.75, 3.05) is 44.6 Å². The summed E-state index contributed by atoms with van der Waals surface area (Å²) in [5.41, 5.74) is 0.914. The SMILES string of the molecule is COc1cc(S(C)(=O)=O)ccc1NCC#Cc1cc2c(NC(=O)NC3(C)CCC(C)(N(C)C)CC3)cccc2n1CC(F)(F)F. The summed E-state index contributed by atoms with van der Waals surface area (Å²) in [6.07, 6.45) is 0.00815. The zero-order valence-electron chi connectivity index (χ0n) is 26.4. The highest BCUT2D eigenvalue weighted by molar-refractivity contribution is 7.90. The molecule has 13 heteroatoms. The number of halogens is 3. The molecular weight excluding hydrogens is 607 g/mol.